The zero-order chi connectivity index (χ0) is 13.8. The van der Waals surface area contributed by atoms with Gasteiger partial charge in [-0.3, -0.25) is 9.52 Å². The molecular formula is C10H13ClN2O4S. The Morgan fingerprint density at radius 1 is 1.50 bits per heavy atom. The third kappa shape index (κ3) is 4.52. The van der Waals surface area contributed by atoms with Crippen LogP contribution in [0.25, 0.3) is 0 Å². The number of halogens is 1. The molecule has 1 rings (SSSR count). The fourth-order valence-corrected chi connectivity index (χ4v) is 2.25. The van der Waals surface area contributed by atoms with Crippen LogP contribution >= 0.6 is 11.6 Å². The lowest BCUT2D eigenvalue weighted by molar-refractivity contribution is -0.137. The number of aliphatic carboxylic acids is 1. The topological polar surface area (TPSA) is 86.7 Å². The third-order valence-electron chi connectivity index (χ3n) is 2.12. The molecule has 0 heterocycles. The molecule has 100 valence electrons. The van der Waals surface area contributed by atoms with Gasteiger partial charge in [0, 0.05) is 18.6 Å². The Morgan fingerprint density at radius 2 is 2.17 bits per heavy atom. The number of benzene rings is 1. The summed E-state index contributed by atoms with van der Waals surface area (Å²) >= 11 is 5.73. The average Bonchev–Trinajstić information content (AvgIpc) is 2.25. The minimum Gasteiger partial charge on any atom is -0.481 e. The Kier molecular flexibility index (Phi) is 4.94. The first-order valence-electron chi connectivity index (χ1n) is 5.03. The number of rotatable bonds is 6. The smallest absolute Gasteiger partial charge is 0.304 e. The summed E-state index contributed by atoms with van der Waals surface area (Å²) in [7, 11) is -2.46. The van der Waals surface area contributed by atoms with Crippen molar-refractivity contribution in [2.24, 2.45) is 0 Å². The Morgan fingerprint density at radius 3 is 2.72 bits per heavy atom. The summed E-state index contributed by atoms with van der Waals surface area (Å²) in [5.74, 6) is -1.06. The molecule has 2 N–H and O–H groups in total. The van der Waals surface area contributed by atoms with Crippen LogP contribution in [0.2, 0.25) is 5.02 Å². The molecule has 8 heteroatoms. The molecule has 0 amide bonds. The first kappa shape index (κ1) is 14.7. The fraction of sp³-hybridized carbons (Fsp3) is 0.300. The van der Waals surface area contributed by atoms with Crippen LogP contribution in [-0.4, -0.2) is 37.4 Å². The van der Waals surface area contributed by atoms with Crippen molar-refractivity contribution < 1.29 is 18.3 Å². The highest BCUT2D eigenvalue weighted by atomic mass is 35.5. The van der Waals surface area contributed by atoms with Crippen molar-refractivity contribution in [3.05, 3.63) is 29.3 Å². The monoisotopic (exact) mass is 292 g/mol. The van der Waals surface area contributed by atoms with Gasteiger partial charge in [-0.15, -0.1) is 0 Å². The molecule has 1 aromatic rings. The molecule has 0 unspecified atom stereocenters. The first-order chi connectivity index (χ1) is 8.31. The predicted molar refractivity (Wildman–Crippen MR) is 68.9 cm³/mol. The molecule has 0 atom stereocenters. The second-order valence-electron chi connectivity index (χ2n) is 3.58. The number of hydrogen-bond donors (Lipinski definition) is 2. The van der Waals surface area contributed by atoms with E-state index in [2.05, 4.69) is 4.72 Å². The van der Waals surface area contributed by atoms with E-state index in [0.29, 0.717) is 10.7 Å². The summed E-state index contributed by atoms with van der Waals surface area (Å²) in [6.45, 7) is -0.106. The van der Waals surface area contributed by atoms with E-state index < -0.39 is 16.2 Å². The Balaban J connectivity index is 2.72. The molecule has 0 fully saturated rings. The van der Waals surface area contributed by atoms with Gasteiger partial charge in [-0.05, 0) is 18.2 Å². The average molecular weight is 293 g/mol. The quantitative estimate of drug-likeness (QED) is 0.830. The van der Waals surface area contributed by atoms with E-state index in [-0.39, 0.29) is 13.0 Å². The lowest BCUT2D eigenvalue weighted by atomic mass is 10.3. The minimum absolute atomic E-state index is 0.106. The van der Waals surface area contributed by atoms with Gasteiger partial charge >= 0.3 is 16.2 Å². The van der Waals surface area contributed by atoms with Crippen LogP contribution in [0, 0.1) is 0 Å². The number of carboxylic acids is 1. The number of nitrogens with zero attached hydrogens (tertiary/aromatic N) is 1. The standard InChI is InChI=1S/C10H13ClN2O4S/c1-13(6-5-10(14)15)18(16,17)12-9-4-2-3-8(11)7-9/h2-4,7,12H,5-6H2,1H3,(H,14,15). The van der Waals surface area contributed by atoms with Gasteiger partial charge in [0.05, 0.1) is 12.1 Å². The summed E-state index contributed by atoms with van der Waals surface area (Å²) in [5, 5.41) is 8.90. The molecule has 0 radical (unpaired) electrons. The van der Waals surface area contributed by atoms with E-state index in [1.807, 2.05) is 0 Å². The Bertz CT molecular complexity index is 532. The maximum absolute atomic E-state index is 11.8. The van der Waals surface area contributed by atoms with Crippen LogP contribution in [0.4, 0.5) is 5.69 Å². The van der Waals surface area contributed by atoms with Gasteiger partial charge in [-0.1, -0.05) is 17.7 Å². The molecule has 0 aromatic heterocycles. The molecule has 6 nitrogen and oxygen atoms in total. The van der Waals surface area contributed by atoms with E-state index in [9.17, 15) is 13.2 Å². The summed E-state index contributed by atoms with van der Waals surface area (Å²) in [6.07, 6.45) is -0.257. The van der Waals surface area contributed by atoms with Crippen molar-refractivity contribution in [1.29, 1.82) is 0 Å². The number of carbonyl (C=O) groups is 1. The van der Waals surface area contributed by atoms with Crippen LogP contribution < -0.4 is 4.72 Å². The van der Waals surface area contributed by atoms with Crippen molar-refractivity contribution in [3.8, 4) is 0 Å². The minimum atomic E-state index is -3.76. The highest BCUT2D eigenvalue weighted by molar-refractivity contribution is 7.90. The molecule has 1 aromatic carbocycles. The van der Waals surface area contributed by atoms with Crippen molar-refractivity contribution >= 4 is 33.5 Å². The number of anilines is 1. The van der Waals surface area contributed by atoms with Crippen molar-refractivity contribution in [2.45, 2.75) is 6.42 Å². The van der Waals surface area contributed by atoms with Crippen molar-refractivity contribution in [3.63, 3.8) is 0 Å². The van der Waals surface area contributed by atoms with Gasteiger partial charge in [0.2, 0.25) is 0 Å². The molecule has 0 saturated carbocycles. The number of nitrogens with one attached hydrogen (secondary N) is 1. The molecule has 0 aliphatic carbocycles. The van der Waals surface area contributed by atoms with Gasteiger partial charge in [0.15, 0.2) is 0 Å². The number of hydrogen-bond acceptors (Lipinski definition) is 3. The van der Waals surface area contributed by atoms with E-state index in [1.165, 1.54) is 13.1 Å². The van der Waals surface area contributed by atoms with Gasteiger partial charge in [0.1, 0.15) is 0 Å². The normalized spacial score (nSPS) is 11.5. The second-order valence-corrected chi connectivity index (χ2v) is 5.80. The highest BCUT2D eigenvalue weighted by Crippen LogP contribution is 2.16. The molecule has 0 aliphatic heterocycles. The molecule has 18 heavy (non-hydrogen) atoms. The van der Waals surface area contributed by atoms with Crippen LogP contribution in [0.5, 0.6) is 0 Å². The summed E-state index contributed by atoms with van der Waals surface area (Å²) in [5.41, 5.74) is 0.324. The molecule has 0 spiro atoms. The summed E-state index contributed by atoms with van der Waals surface area (Å²) in [4.78, 5) is 10.4. The largest absolute Gasteiger partial charge is 0.481 e. The van der Waals surface area contributed by atoms with E-state index in [1.54, 1.807) is 18.2 Å². The second kappa shape index (κ2) is 6.03. The van der Waals surface area contributed by atoms with Crippen LogP contribution in [0.15, 0.2) is 24.3 Å². The first-order valence-corrected chi connectivity index (χ1v) is 6.84. The predicted octanol–water partition coefficient (Wildman–Crippen LogP) is 1.40. The summed E-state index contributed by atoms with van der Waals surface area (Å²) < 4.78 is 26.8. The Labute approximate surface area is 110 Å². The van der Waals surface area contributed by atoms with Crippen LogP contribution in [0.1, 0.15) is 6.42 Å². The highest BCUT2D eigenvalue weighted by Gasteiger charge is 2.18. The third-order valence-corrected chi connectivity index (χ3v) is 3.85. The fourth-order valence-electron chi connectivity index (χ4n) is 1.15. The zero-order valence-electron chi connectivity index (χ0n) is 9.63. The maximum atomic E-state index is 11.8. The van der Waals surface area contributed by atoms with Crippen LogP contribution in [0.3, 0.4) is 0 Å². The van der Waals surface area contributed by atoms with Gasteiger partial charge in [-0.2, -0.15) is 12.7 Å². The molecule has 0 aliphatic rings. The van der Waals surface area contributed by atoms with Gasteiger partial charge in [0.25, 0.3) is 0 Å². The zero-order valence-corrected chi connectivity index (χ0v) is 11.2. The lowest BCUT2D eigenvalue weighted by Crippen LogP contribution is -2.34. The van der Waals surface area contributed by atoms with E-state index in [4.69, 9.17) is 16.7 Å². The molecular weight excluding hydrogens is 280 g/mol. The van der Waals surface area contributed by atoms with Crippen molar-refractivity contribution in [2.75, 3.05) is 18.3 Å². The van der Waals surface area contributed by atoms with Gasteiger partial charge in [-0.25, -0.2) is 0 Å². The van der Waals surface area contributed by atoms with E-state index >= 15 is 0 Å². The lowest BCUT2D eigenvalue weighted by Gasteiger charge is -2.17. The van der Waals surface area contributed by atoms with Crippen LogP contribution in [-0.2, 0) is 15.0 Å². The molecule has 0 bridgehead atoms. The molecule has 0 saturated heterocycles. The van der Waals surface area contributed by atoms with Gasteiger partial charge < -0.3 is 5.11 Å². The number of carboxylic acid groups (broad SMARTS) is 1. The summed E-state index contributed by atoms with van der Waals surface area (Å²) in [6, 6.07) is 6.24. The maximum Gasteiger partial charge on any atom is 0.304 e. The van der Waals surface area contributed by atoms with E-state index in [0.717, 1.165) is 4.31 Å². The Hall–Kier alpha value is -1.31. The SMILES string of the molecule is CN(CCC(=O)O)S(=O)(=O)Nc1cccc(Cl)c1. The van der Waals surface area contributed by atoms with Crippen molar-refractivity contribution in [1.82, 2.24) is 4.31 Å².